The van der Waals surface area contributed by atoms with Crippen molar-refractivity contribution in [3.05, 3.63) is 24.0 Å². The van der Waals surface area contributed by atoms with E-state index >= 15 is 0 Å². The number of hydrogen-bond donors (Lipinski definition) is 1. The molecule has 2 rings (SSSR count). The summed E-state index contributed by atoms with van der Waals surface area (Å²) >= 11 is 1.24. The first-order valence-corrected chi connectivity index (χ1v) is 6.95. The number of nitrogens with zero attached hydrogens (tertiary/aromatic N) is 5. The van der Waals surface area contributed by atoms with E-state index in [0.29, 0.717) is 0 Å². The number of nitrogens with one attached hydrogen (secondary N) is 1. The summed E-state index contributed by atoms with van der Waals surface area (Å²) in [6, 6.07) is 0.161. The van der Waals surface area contributed by atoms with Crippen molar-refractivity contribution in [1.82, 2.24) is 28.8 Å². The van der Waals surface area contributed by atoms with Crippen molar-refractivity contribution >= 4 is 11.7 Å². The lowest BCUT2D eigenvalue weighted by molar-refractivity contribution is 0.493. The summed E-state index contributed by atoms with van der Waals surface area (Å²) in [5, 5.41) is 7.66. The third-order valence-electron chi connectivity index (χ3n) is 2.70. The molecule has 2 aromatic heterocycles. The highest BCUT2D eigenvalue weighted by Gasteiger charge is 2.17. The van der Waals surface area contributed by atoms with Gasteiger partial charge in [-0.15, -0.1) is 0 Å². The summed E-state index contributed by atoms with van der Waals surface area (Å²) in [5.74, 6) is 0.996. The number of likely N-dealkylation sites (N-methyl/N-ethyl adjacent to an activating group) is 1. The molecule has 7 heteroatoms. The van der Waals surface area contributed by atoms with Crippen LogP contribution in [0.15, 0.2) is 12.5 Å². The van der Waals surface area contributed by atoms with Gasteiger partial charge in [0.05, 0.1) is 29.7 Å². The van der Waals surface area contributed by atoms with Crippen LogP contribution < -0.4 is 5.32 Å². The van der Waals surface area contributed by atoms with Crippen LogP contribution in [0.4, 0.5) is 0 Å². The largest absolute Gasteiger partial charge is 0.308 e. The topological polar surface area (TPSA) is 68.5 Å². The standard InChI is InChI=1S/C11H18N6S/c1-3-5-17-11(13-8-14-17)6-9(12-4-2)10-7-15-18-16-10/h7-9,12H,3-6H2,1-2H3. The maximum Gasteiger partial charge on any atom is 0.138 e. The van der Waals surface area contributed by atoms with E-state index in [2.05, 4.69) is 38.0 Å². The van der Waals surface area contributed by atoms with Gasteiger partial charge in [0.2, 0.25) is 0 Å². The molecule has 18 heavy (non-hydrogen) atoms. The predicted octanol–water partition coefficient (Wildman–Crippen LogP) is 1.43. The van der Waals surface area contributed by atoms with Crippen LogP contribution in [0.1, 0.15) is 37.8 Å². The summed E-state index contributed by atoms with van der Waals surface area (Å²) in [5.41, 5.74) is 0.980. The molecule has 2 heterocycles. The van der Waals surface area contributed by atoms with Gasteiger partial charge in [0.15, 0.2) is 0 Å². The molecule has 0 bridgehead atoms. The molecule has 0 saturated heterocycles. The second kappa shape index (κ2) is 6.55. The fourth-order valence-electron chi connectivity index (χ4n) is 1.88. The van der Waals surface area contributed by atoms with E-state index in [1.54, 1.807) is 6.33 Å². The number of rotatable bonds is 7. The smallest absolute Gasteiger partial charge is 0.138 e. The third-order valence-corrected chi connectivity index (χ3v) is 3.20. The summed E-state index contributed by atoms with van der Waals surface area (Å²) in [6.45, 7) is 6.02. The number of aryl methyl sites for hydroxylation is 1. The molecule has 6 nitrogen and oxygen atoms in total. The SMILES string of the molecule is CCCn1ncnc1CC(NCC)c1cnsn1. The molecule has 0 radical (unpaired) electrons. The quantitative estimate of drug-likeness (QED) is 0.821. The first-order valence-electron chi connectivity index (χ1n) is 6.22. The molecular formula is C11H18N6S. The van der Waals surface area contributed by atoms with Crippen molar-refractivity contribution in [3.8, 4) is 0 Å². The average molecular weight is 266 g/mol. The van der Waals surface area contributed by atoms with Crippen LogP contribution >= 0.6 is 11.7 Å². The zero-order valence-corrected chi connectivity index (χ0v) is 11.5. The first kappa shape index (κ1) is 13.1. The summed E-state index contributed by atoms with van der Waals surface area (Å²) in [4.78, 5) is 4.33. The van der Waals surface area contributed by atoms with E-state index in [0.717, 1.165) is 37.4 Å². The molecule has 0 aliphatic carbocycles. The Hall–Kier alpha value is -1.34. The van der Waals surface area contributed by atoms with Crippen LogP contribution in [0.3, 0.4) is 0 Å². The zero-order valence-electron chi connectivity index (χ0n) is 10.7. The van der Waals surface area contributed by atoms with Crippen LogP contribution in [-0.2, 0) is 13.0 Å². The minimum atomic E-state index is 0.161. The van der Waals surface area contributed by atoms with Crippen LogP contribution in [0.5, 0.6) is 0 Å². The Labute approximate surface area is 111 Å². The molecule has 0 aliphatic heterocycles. The molecule has 1 N–H and O–H groups in total. The fraction of sp³-hybridized carbons (Fsp3) is 0.636. The van der Waals surface area contributed by atoms with Crippen LogP contribution in [0.25, 0.3) is 0 Å². The lowest BCUT2D eigenvalue weighted by Gasteiger charge is -2.15. The van der Waals surface area contributed by atoms with E-state index in [1.807, 2.05) is 10.9 Å². The van der Waals surface area contributed by atoms with Crippen molar-refractivity contribution in [2.24, 2.45) is 0 Å². The third kappa shape index (κ3) is 3.11. The van der Waals surface area contributed by atoms with Gasteiger partial charge in [-0.1, -0.05) is 13.8 Å². The van der Waals surface area contributed by atoms with Crippen LogP contribution in [0, 0.1) is 0 Å². The Kier molecular flexibility index (Phi) is 4.77. The zero-order chi connectivity index (χ0) is 12.8. The van der Waals surface area contributed by atoms with Crippen molar-refractivity contribution < 1.29 is 0 Å². The first-order chi connectivity index (χ1) is 8.85. The normalized spacial score (nSPS) is 12.8. The second-order valence-corrected chi connectivity index (χ2v) is 4.60. The Balaban J connectivity index is 2.11. The minimum absolute atomic E-state index is 0.161. The van der Waals surface area contributed by atoms with Gasteiger partial charge in [-0.25, -0.2) is 4.98 Å². The molecule has 0 fully saturated rings. The molecule has 98 valence electrons. The monoisotopic (exact) mass is 266 g/mol. The average Bonchev–Trinajstić information content (AvgIpc) is 3.01. The predicted molar refractivity (Wildman–Crippen MR) is 70.3 cm³/mol. The molecule has 0 aromatic carbocycles. The Morgan fingerprint density at radius 2 is 2.33 bits per heavy atom. The molecule has 0 aliphatic rings. The lowest BCUT2D eigenvalue weighted by Crippen LogP contribution is -2.24. The molecule has 1 atom stereocenters. The Morgan fingerprint density at radius 1 is 1.44 bits per heavy atom. The Bertz CT molecular complexity index is 452. The van der Waals surface area contributed by atoms with Crippen molar-refractivity contribution in [1.29, 1.82) is 0 Å². The van der Waals surface area contributed by atoms with Gasteiger partial charge >= 0.3 is 0 Å². The molecule has 2 aromatic rings. The van der Waals surface area contributed by atoms with Gasteiger partial charge in [-0.2, -0.15) is 13.8 Å². The number of hydrogen-bond acceptors (Lipinski definition) is 6. The molecular weight excluding hydrogens is 248 g/mol. The highest BCUT2D eigenvalue weighted by atomic mass is 32.1. The second-order valence-electron chi connectivity index (χ2n) is 4.05. The van der Waals surface area contributed by atoms with Crippen molar-refractivity contribution in [2.75, 3.05) is 6.54 Å². The van der Waals surface area contributed by atoms with E-state index in [4.69, 9.17) is 0 Å². The van der Waals surface area contributed by atoms with E-state index in [-0.39, 0.29) is 6.04 Å². The molecule has 0 saturated carbocycles. The number of aromatic nitrogens is 5. The summed E-state index contributed by atoms with van der Waals surface area (Å²) in [7, 11) is 0. The van der Waals surface area contributed by atoms with Crippen LogP contribution in [-0.4, -0.2) is 30.1 Å². The highest BCUT2D eigenvalue weighted by Crippen LogP contribution is 2.15. The maximum absolute atomic E-state index is 4.33. The van der Waals surface area contributed by atoms with Gasteiger partial charge in [0.25, 0.3) is 0 Å². The molecule has 0 spiro atoms. The van der Waals surface area contributed by atoms with Crippen molar-refractivity contribution in [2.45, 2.75) is 39.3 Å². The van der Waals surface area contributed by atoms with Crippen LogP contribution in [0.2, 0.25) is 0 Å². The fourth-order valence-corrected chi connectivity index (χ4v) is 2.35. The van der Waals surface area contributed by atoms with Gasteiger partial charge in [0.1, 0.15) is 12.2 Å². The van der Waals surface area contributed by atoms with Crippen molar-refractivity contribution in [3.63, 3.8) is 0 Å². The van der Waals surface area contributed by atoms with Gasteiger partial charge in [0, 0.05) is 13.0 Å². The molecule has 1 unspecified atom stereocenters. The van der Waals surface area contributed by atoms with Gasteiger partial charge < -0.3 is 5.32 Å². The molecule has 0 amide bonds. The lowest BCUT2D eigenvalue weighted by atomic mass is 10.1. The highest BCUT2D eigenvalue weighted by molar-refractivity contribution is 6.99. The van der Waals surface area contributed by atoms with E-state index in [9.17, 15) is 0 Å². The Morgan fingerprint density at radius 3 is 3.00 bits per heavy atom. The maximum atomic E-state index is 4.33. The van der Waals surface area contributed by atoms with Gasteiger partial charge in [-0.3, -0.25) is 4.68 Å². The summed E-state index contributed by atoms with van der Waals surface area (Å²) < 4.78 is 10.3. The van der Waals surface area contributed by atoms with E-state index < -0.39 is 0 Å². The van der Waals surface area contributed by atoms with E-state index in [1.165, 1.54) is 11.7 Å². The summed E-state index contributed by atoms with van der Waals surface area (Å²) in [6.07, 6.45) is 5.28. The van der Waals surface area contributed by atoms with Gasteiger partial charge in [-0.05, 0) is 13.0 Å². The minimum Gasteiger partial charge on any atom is -0.308 e.